The van der Waals surface area contributed by atoms with Crippen LogP contribution in [0.3, 0.4) is 0 Å². The van der Waals surface area contributed by atoms with Gasteiger partial charge in [0, 0.05) is 30.4 Å². The van der Waals surface area contributed by atoms with E-state index in [1.807, 2.05) is 12.1 Å². The third-order valence-corrected chi connectivity index (χ3v) is 3.26. The molecule has 1 heterocycles. The third kappa shape index (κ3) is 3.35. The topological polar surface area (TPSA) is 38.5 Å². The second-order valence-electron chi connectivity index (χ2n) is 4.26. The molecule has 0 atom stereocenters. The standard InChI is InChI=1S/C13H19ClN2O/c14-12-3-2-11(4-5-15)13(10-12)16-6-1-8-17-9-7-16/h2-3,10H,1,4-9,15H2. The van der Waals surface area contributed by atoms with Gasteiger partial charge in [-0.3, -0.25) is 0 Å². The fourth-order valence-corrected chi connectivity index (χ4v) is 2.35. The van der Waals surface area contributed by atoms with Crippen molar-refractivity contribution in [2.45, 2.75) is 12.8 Å². The number of nitrogens with zero attached hydrogens (tertiary/aromatic N) is 1. The van der Waals surface area contributed by atoms with Gasteiger partial charge in [-0.1, -0.05) is 17.7 Å². The lowest BCUT2D eigenvalue weighted by Crippen LogP contribution is -2.27. The van der Waals surface area contributed by atoms with Crippen LogP contribution in [0, 0.1) is 0 Å². The predicted octanol–water partition coefficient (Wildman–Crippen LogP) is 2.07. The molecular formula is C13H19ClN2O. The van der Waals surface area contributed by atoms with E-state index in [1.54, 1.807) is 0 Å². The summed E-state index contributed by atoms with van der Waals surface area (Å²) < 4.78 is 5.48. The minimum Gasteiger partial charge on any atom is -0.380 e. The van der Waals surface area contributed by atoms with Crippen LogP contribution in [0.4, 0.5) is 5.69 Å². The van der Waals surface area contributed by atoms with Gasteiger partial charge in [-0.25, -0.2) is 0 Å². The van der Waals surface area contributed by atoms with Crippen LogP contribution in [0.5, 0.6) is 0 Å². The molecule has 4 heteroatoms. The lowest BCUT2D eigenvalue weighted by Gasteiger charge is -2.25. The van der Waals surface area contributed by atoms with Crippen LogP contribution in [0.1, 0.15) is 12.0 Å². The molecular weight excluding hydrogens is 236 g/mol. The van der Waals surface area contributed by atoms with Gasteiger partial charge in [0.2, 0.25) is 0 Å². The quantitative estimate of drug-likeness (QED) is 0.898. The normalized spacial score (nSPS) is 16.9. The van der Waals surface area contributed by atoms with Crippen molar-refractivity contribution in [1.29, 1.82) is 0 Å². The number of hydrogen-bond acceptors (Lipinski definition) is 3. The minimum absolute atomic E-state index is 0.666. The number of halogens is 1. The SMILES string of the molecule is NCCc1ccc(Cl)cc1N1CCCOCC1. The van der Waals surface area contributed by atoms with Crippen molar-refractivity contribution in [2.24, 2.45) is 5.73 Å². The molecule has 17 heavy (non-hydrogen) atoms. The summed E-state index contributed by atoms with van der Waals surface area (Å²) in [5, 5.41) is 0.783. The summed E-state index contributed by atoms with van der Waals surface area (Å²) in [6, 6.07) is 6.05. The van der Waals surface area contributed by atoms with E-state index in [9.17, 15) is 0 Å². The maximum atomic E-state index is 6.09. The Morgan fingerprint density at radius 1 is 1.29 bits per heavy atom. The van der Waals surface area contributed by atoms with Crippen molar-refractivity contribution in [3.63, 3.8) is 0 Å². The minimum atomic E-state index is 0.666. The van der Waals surface area contributed by atoms with Gasteiger partial charge in [0.15, 0.2) is 0 Å². The number of anilines is 1. The molecule has 0 radical (unpaired) electrons. The highest BCUT2D eigenvalue weighted by atomic mass is 35.5. The van der Waals surface area contributed by atoms with E-state index in [4.69, 9.17) is 22.1 Å². The van der Waals surface area contributed by atoms with Crippen LogP contribution >= 0.6 is 11.6 Å². The summed E-state index contributed by atoms with van der Waals surface area (Å²) >= 11 is 6.09. The van der Waals surface area contributed by atoms with E-state index in [-0.39, 0.29) is 0 Å². The second kappa shape index (κ2) is 6.24. The summed E-state index contributed by atoms with van der Waals surface area (Å²) in [6.07, 6.45) is 1.96. The molecule has 0 aliphatic carbocycles. The first-order valence-electron chi connectivity index (χ1n) is 6.12. The first-order chi connectivity index (χ1) is 8.31. The summed E-state index contributed by atoms with van der Waals surface area (Å²) in [5.41, 5.74) is 8.14. The third-order valence-electron chi connectivity index (χ3n) is 3.02. The zero-order valence-electron chi connectivity index (χ0n) is 9.99. The molecule has 0 unspecified atom stereocenters. The molecule has 1 fully saturated rings. The molecule has 94 valence electrons. The van der Waals surface area contributed by atoms with Gasteiger partial charge < -0.3 is 15.4 Å². The highest BCUT2D eigenvalue weighted by Gasteiger charge is 2.13. The zero-order valence-corrected chi connectivity index (χ0v) is 10.7. The molecule has 1 aromatic carbocycles. The first-order valence-corrected chi connectivity index (χ1v) is 6.50. The Kier molecular flexibility index (Phi) is 4.66. The average Bonchev–Trinajstić information content (AvgIpc) is 2.60. The zero-order chi connectivity index (χ0) is 12.1. The van der Waals surface area contributed by atoms with Crippen LogP contribution in [0.25, 0.3) is 0 Å². The Morgan fingerprint density at radius 3 is 3.00 bits per heavy atom. The van der Waals surface area contributed by atoms with Crippen LogP contribution in [-0.2, 0) is 11.2 Å². The van der Waals surface area contributed by atoms with Crippen LogP contribution in [-0.4, -0.2) is 32.8 Å². The van der Waals surface area contributed by atoms with E-state index >= 15 is 0 Å². The van der Waals surface area contributed by atoms with Crippen molar-refractivity contribution in [1.82, 2.24) is 0 Å². The molecule has 0 saturated carbocycles. The number of ether oxygens (including phenoxy) is 1. The monoisotopic (exact) mass is 254 g/mol. The number of benzene rings is 1. The van der Waals surface area contributed by atoms with E-state index in [2.05, 4.69) is 11.0 Å². The Balaban J connectivity index is 2.23. The molecule has 3 nitrogen and oxygen atoms in total. The smallest absolute Gasteiger partial charge is 0.0641 e. The molecule has 1 aliphatic heterocycles. The van der Waals surface area contributed by atoms with E-state index < -0.39 is 0 Å². The largest absolute Gasteiger partial charge is 0.380 e. The van der Waals surface area contributed by atoms with Crippen LogP contribution in [0.15, 0.2) is 18.2 Å². The Labute approximate surface area is 107 Å². The Bertz CT molecular complexity index is 362. The Morgan fingerprint density at radius 2 is 2.18 bits per heavy atom. The average molecular weight is 255 g/mol. The van der Waals surface area contributed by atoms with Crippen molar-refractivity contribution in [3.8, 4) is 0 Å². The van der Waals surface area contributed by atoms with E-state index in [0.29, 0.717) is 6.54 Å². The second-order valence-corrected chi connectivity index (χ2v) is 4.70. The fourth-order valence-electron chi connectivity index (χ4n) is 2.19. The molecule has 0 spiro atoms. The molecule has 1 aromatic rings. The number of rotatable bonds is 3. The molecule has 0 amide bonds. The van der Waals surface area contributed by atoms with Gasteiger partial charge in [-0.15, -0.1) is 0 Å². The summed E-state index contributed by atoms with van der Waals surface area (Å²) in [4.78, 5) is 2.35. The van der Waals surface area contributed by atoms with Gasteiger partial charge in [0.05, 0.1) is 6.61 Å². The molecule has 2 N–H and O–H groups in total. The maximum absolute atomic E-state index is 6.09. The maximum Gasteiger partial charge on any atom is 0.0641 e. The summed E-state index contributed by atoms with van der Waals surface area (Å²) in [7, 11) is 0. The lowest BCUT2D eigenvalue weighted by molar-refractivity contribution is 0.152. The molecule has 2 rings (SSSR count). The molecule has 1 aliphatic rings. The van der Waals surface area contributed by atoms with Gasteiger partial charge in [-0.05, 0) is 37.1 Å². The highest BCUT2D eigenvalue weighted by Crippen LogP contribution is 2.26. The lowest BCUT2D eigenvalue weighted by atomic mass is 10.1. The summed E-state index contributed by atoms with van der Waals surface area (Å²) in [6.45, 7) is 4.26. The van der Waals surface area contributed by atoms with Crippen LogP contribution < -0.4 is 10.6 Å². The fraction of sp³-hybridized carbons (Fsp3) is 0.538. The van der Waals surface area contributed by atoms with E-state index in [1.165, 1.54) is 11.3 Å². The number of nitrogens with two attached hydrogens (primary N) is 1. The molecule has 0 bridgehead atoms. The molecule has 0 aromatic heterocycles. The van der Waals surface area contributed by atoms with Crippen LogP contribution in [0.2, 0.25) is 5.02 Å². The molecule has 1 saturated heterocycles. The first kappa shape index (κ1) is 12.7. The Hall–Kier alpha value is -0.770. The van der Waals surface area contributed by atoms with Gasteiger partial charge in [0.1, 0.15) is 0 Å². The van der Waals surface area contributed by atoms with E-state index in [0.717, 1.165) is 44.2 Å². The van der Waals surface area contributed by atoms with Crippen molar-refractivity contribution >= 4 is 17.3 Å². The highest BCUT2D eigenvalue weighted by molar-refractivity contribution is 6.30. The summed E-state index contributed by atoms with van der Waals surface area (Å²) in [5.74, 6) is 0. The number of hydrogen-bond donors (Lipinski definition) is 1. The van der Waals surface area contributed by atoms with Gasteiger partial charge >= 0.3 is 0 Å². The van der Waals surface area contributed by atoms with Gasteiger partial charge in [0.25, 0.3) is 0 Å². The van der Waals surface area contributed by atoms with Gasteiger partial charge in [-0.2, -0.15) is 0 Å². The van der Waals surface area contributed by atoms with Crippen molar-refractivity contribution in [3.05, 3.63) is 28.8 Å². The van der Waals surface area contributed by atoms with Crippen molar-refractivity contribution < 1.29 is 4.74 Å². The predicted molar refractivity (Wildman–Crippen MR) is 71.9 cm³/mol. The van der Waals surface area contributed by atoms with Crippen molar-refractivity contribution in [2.75, 3.05) is 37.7 Å².